The van der Waals surface area contributed by atoms with E-state index in [0.717, 1.165) is 16.5 Å². The van der Waals surface area contributed by atoms with E-state index in [2.05, 4.69) is 16.9 Å². The number of urea groups is 1. The SMILES string of the molecule is C=CCN1CC(=O)N2[C@@H](Cc3ccc(O[PH](O)(O)O)cc3)C(=O)N(Cc3cccc4c(C(C)=O)c[nH]c34)C[C@@H]2N1C(=O)NCc1ccccc1. The average molecular weight is 703 g/mol. The number of rotatable bonds is 11. The van der Waals surface area contributed by atoms with Crippen LogP contribution < -0.4 is 9.84 Å². The summed E-state index contributed by atoms with van der Waals surface area (Å²) in [6, 6.07) is 19.5. The summed E-state index contributed by atoms with van der Waals surface area (Å²) in [5.74, 6) is -0.753. The molecule has 15 heteroatoms. The second kappa shape index (κ2) is 14.4. The predicted molar refractivity (Wildman–Crippen MR) is 186 cm³/mol. The molecule has 0 saturated carbocycles. The first-order valence-corrected chi connectivity index (χ1v) is 17.8. The summed E-state index contributed by atoms with van der Waals surface area (Å²) in [7, 11) is -4.82. The smallest absolute Gasteiger partial charge is 0.0622 e. The van der Waals surface area contributed by atoms with E-state index in [0.29, 0.717) is 16.6 Å². The van der Waals surface area contributed by atoms with Gasteiger partial charge in [-0.2, -0.15) is 0 Å². The van der Waals surface area contributed by atoms with Gasteiger partial charge in [-0.1, -0.05) is 48.5 Å². The number of carbonyl (C=O) groups is 4. The van der Waals surface area contributed by atoms with Gasteiger partial charge in [-0.15, -0.1) is 6.58 Å². The number of piperazine rings is 1. The Balaban J connectivity index is 1.36. The molecule has 50 heavy (non-hydrogen) atoms. The number of amides is 4. The summed E-state index contributed by atoms with van der Waals surface area (Å²) < 4.78 is 4.81. The van der Waals surface area contributed by atoms with Crippen LogP contribution in [0.4, 0.5) is 4.79 Å². The van der Waals surface area contributed by atoms with Gasteiger partial charge in [0.05, 0.1) is 0 Å². The number of aromatic amines is 1. The van der Waals surface area contributed by atoms with E-state index >= 15 is 0 Å². The predicted octanol–water partition coefficient (Wildman–Crippen LogP) is 2.87. The van der Waals surface area contributed by atoms with E-state index in [1.54, 1.807) is 34.3 Å². The van der Waals surface area contributed by atoms with E-state index in [4.69, 9.17) is 4.52 Å². The van der Waals surface area contributed by atoms with E-state index in [9.17, 15) is 33.9 Å². The van der Waals surface area contributed by atoms with Crippen LogP contribution in [0.15, 0.2) is 91.6 Å². The van der Waals surface area contributed by atoms with Crippen molar-refractivity contribution in [2.45, 2.75) is 38.6 Å². The molecule has 14 nitrogen and oxygen atoms in total. The summed E-state index contributed by atoms with van der Waals surface area (Å²) in [6.45, 7) is 5.74. The molecule has 262 valence electrons. The number of hydrogen-bond acceptors (Lipinski definition) is 9. The van der Waals surface area contributed by atoms with Gasteiger partial charge >= 0.3 is 182 Å². The third-order valence-electron chi connectivity index (χ3n) is 8.81. The number of Topliss-reactive ketones (excluding diaryl/α,β-unsaturated/α-hetero) is 1. The molecule has 0 unspecified atom stereocenters. The monoisotopic (exact) mass is 702 g/mol. The van der Waals surface area contributed by atoms with Gasteiger partial charge in [-0.05, 0) is 12.5 Å². The molecule has 0 spiro atoms. The maximum absolute atomic E-state index is 14.4. The van der Waals surface area contributed by atoms with Crippen LogP contribution in [0.3, 0.4) is 0 Å². The zero-order valence-electron chi connectivity index (χ0n) is 27.4. The summed E-state index contributed by atoms with van der Waals surface area (Å²) in [5, 5.41) is 6.81. The summed E-state index contributed by atoms with van der Waals surface area (Å²) in [5.41, 5.74) is 3.51. The zero-order valence-corrected chi connectivity index (χ0v) is 28.4. The number of hydrogen-bond donors (Lipinski definition) is 5. The molecule has 2 aliphatic rings. The Bertz CT molecular complexity index is 1910. The Morgan fingerprint density at radius 2 is 1.76 bits per heavy atom. The zero-order chi connectivity index (χ0) is 35.6. The molecule has 3 aromatic carbocycles. The second-order valence-corrected chi connectivity index (χ2v) is 13.6. The fourth-order valence-electron chi connectivity index (χ4n) is 6.62. The van der Waals surface area contributed by atoms with Crippen LogP contribution in [-0.4, -0.2) is 95.0 Å². The fraction of sp³-hybridized carbons (Fsp3) is 0.257. The van der Waals surface area contributed by atoms with Crippen LogP contribution in [0, 0.1) is 0 Å². The van der Waals surface area contributed by atoms with Gasteiger partial charge < -0.3 is 4.98 Å². The molecule has 0 radical (unpaired) electrons. The number of nitrogens with zero attached hydrogens (tertiary/aromatic N) is 4. The van der Waals surface area contributed by atoms with E-state index in [1.807, 2.05) is 48.5 Å². The molecule has 0 aliphatic carbocycles. The molecule has 3 heterocycles. The molecule has 4 amide bonds. The number of aromatic nitrogens is 1. The number of fused-ring (bicyclic) bond motifs is 2. The Morgan fingerprint density at radius 3 is 2.44 bits per heavy atom. The van der Waals surface area contributed by atoms with Crippen LogP contribution >= 0.6 is 8.17 Å². The molecule has 2 fully saturated rings. The molecular formula is C35H39N6O8P. The normalized spacial score (nSPS) is 18.6. The van der Waals surface area contributed by atoms with Gasteiger partial charge in [0, 0.05) is 23.7 Å². The van der Waals surface area contributed by atoms with Crippen LogP contribution in [0.2, 0.25) is 0 Å². The molecule has 2 aliphatic heterocycles. The Kier molecular flexibility index (Phi) is 10.0. The van der Waals surface area contributed by atoms with Crippen molar-refractivity contribution < 1.29 is 38.4 Å². The standard InChI is InChI=1S/C35H39N6O8P/c1-3-16-39-22-32(43)40-30(17-24-12-14-27(15-13-24)49-50(46,47)48)34(44)38(20-26-10-7-11-28-29(23(2)42)19-36-33(26)28)21-31(40)41(39)35(45)37-18-25-8-5-4-6-9-25/h3-15,19,30-31,36,46-48,50H,1,16-18,20-22H2,2H3,(H,37,45)/t30-,31-/m0/s1. The quantitative estimate of drug-likeness (QED) is 0.0893. The van der Waals surface area contributed by atoms with Crippen LogP contribution in [0.5, 0.6) is 5.75 Å². The van der Waals surface area contributed by atoms with Crippen molar-refractivity contribution in [3.8, 4) is 5.75 Å². The van der Waals surface area contributed by atoms with E-state index in [1.165, 1.54) is 29.0 Å². The minimum Gasteiger partial charge on any atom is -0.0622 e. The second-order valence-electron chi connectivity index (χ2n) is 12.3. The van der Waals surface area contributed by atoms with Gasteiger partial charge in [0.1, 0.15) is 0 Å². The van der Waals surface area contributed by atoms with Crippen LogP contribution in [-0.2, 0) is 29.1 Å². The Hall–Kier alpha value is -5.11. The van der Waals surface area contributed by atoms with Crippen molar-refractivity contribution >= 4 is 42.7 Å². The molecule has 6 rings (SSSR count). The maximum atomic E-state index is 14.4. The van der Waals surface area contributed by atoms with Crippen molar-refractivity contribution in [2.75, 3.05) is 19.6 Å². The first kappa shape index (κ1) is 34.7. The summed E-state index contributed by atoms with van der Waals surface area (Å²) in [6.07, 6.45) is 2.45. The number of carbonyl (C=O) groups excluding carboxylic acids is 4. The summed E-state index contributed by atoms with van der Waals surface area (Å²) in [4.78, 5) is 88.9. The van der Waals surface area contributed by atoms with Gasteiger partial charge in [-0.3, -0.25) is 4.79 Å². The topological polar surface area (TPSA) is 179 Å². The number of nitrogens with one attached hydrogen (secondary N) is 2. The van der Waals surface area contributed by atoms with Gasteiger partial charge in [-0.25, -0.2) is 0 Å². The third kappa shape index (κ3) is 7.39. The van der Waals surface area contributed by atoms with Crippen LogP contribution in [0.1, 0.15) is 34.0 Å². The molecular weight excluding hydrogens is 663 g/mol. The number of ketones is 1. The number of H-pyrrole nitrogens is 1. The number of para-hydroxylation sites is 1. The molecule has 0 bridgehead atoms. The minimum absolute atomic E-state index is 0.00707. The molecule has 2 saturated heterocycles. The van der Waals surface area contributed by atoms with Gasteiger partial charge in [0.2, 0.25) is 0 Å². The van der Waals surface area contributed by atoms with Gasteiger partial charge in [0.25, 0.3) is 0 Å². The van der Waals surface area contributed by atoms with Crippen molar-refractivity contribution in [3.63, 3.8) is 0 Å². The first-order valence-electron chi connectivity index (χ1n) is 16.0. The van der Waals surface area contributed by atoms with E-state index < -0.39 is 26.4 Å². The minimum atomic E-state index is -4.82. The number of hydrazine groups is 1. The first-order chi connectivity index (χ1) is 23.9. The molecule has 2 atom stereocenters. The molecule has 1 aromatic heterocycles. The molecule has 5 N–H and O–H groups in total. The third-order valence-corrected chi connectivity index (χ3v) is 9.32. The van der Waals surface area contributed by atoms with Crippen molar-refractivity contribution in [3.05, 3.63) is 114 Å². The van der Waals surface area contributed by atoms with Crippen LogP contribution in [0.25, 0.3) is 10.9 Å². The summed E-state index contributed by atoms with van der Waals surface area (Å²) >= 11 is 0. The fourth-order valence-corrected chi connectivity index (χ4v) is 7.07. The number of benzene rings is 3. The van der Waals surface area contributed by atoms with E-state index in [-0.39, 0.29) is 62.5 Å². The average Bonchev–Trinajstić information content (AvgIpc) is 3.52. The van der Waals surface area contributed by atoms with Crippen molar-refractivity contribution in [1.82, 2.24) is 30.1 Å². The van der Waals surface area contributed by atoms with Crippen molar-refractivity contribution in [1.29, 1.82) is 0 Å². The van der Waals surface area contributed by atoms with Gasteiger partial charge in [0.15, 0.2) is 5.78 Å². The Morgan fingerprint density at radius 1 is 1.02 bits per heavy atom. The Labute approximate surface area is 288 Å². The van der Waals surface area contributed by atoms with Crippen molar-refractivity contribution in [2.24, 2.45) is 0 Å². The molecule has 4 aromatic rings.